The molecule has 0 aliphatic rings. The summed E-state index contributed by atoms with van der Waals surface area (Å²) in [6.07, 6.45) is -9.80. The van der Waals surface area contributed by atoms with Crippen LogP contribution in [-0.4, -0.2) is 11.1 Å². The molecule has 0 saturated carbocycles. The molecule has 128 valence electrons. The number of ketones is 1. The fraction of sp³-hybridized carbons (Fsp3) is 0.188. The number of carbonyl (C=O) groups is 1. The molecule has 0 heterocycles. The Morgan fingerprint density at radius 3 is 1.62 bits per heavy atom. The quantitative estimate of drug-likeness (QED) is 0.346. The van der Waals surface area contributed by atoms with Crippen LogP contribution in [0.15, 0.2) is 42.5 Å². The van der Waals surface area contributed by atoms with Crippen LogP contribution in [0.2, 0.25) is 0 Å². The molecule has 8 heteroatoms. The molecule has 1 nitrogen and oxygen atoms in total. The summed E-state index contributed by atoms with van der Waals surface area (Å²) < 4.78 is 77.1. The summed E-state index contributed by atoms with van der Waals surface area (Å²) in [5.74, 6) is -0.249. The summed E-state index contributed by atoms with van der Waals surface area (Å²) in [6.45, 7) is 0. The van der Waals surface area contributed by atoms with Gasteiger partial charge >= 0.3 is 12.4 Å². The summed E-state index contributed by atoms with van der Waals surface area (Å²) in [6, 6.07) is 6.70. The molecule has 0 fully saturated rings. The Balaban J connectivity index is 2.55. The van der Waals surface area contributed by atoms with Crippen LogP contribution in [0.1, 0.15) is 21.5 Å². The van der Waals surface area contributed by atoms with Crippen molar-refractivity contribution in [2.45, 2.75) is 12.4 Å². The molecule has 0 atom stereocenters. The number of carbonyl (C=O) groups excluding carboxylic acids is 1. The summed E-state index contributed by atoms with van der Waals surface area (Å²) in [4.78, 5) is 11.5. The highest BCUT2D eigenvalue weighted by Crippen LogP contribution is 2.38. The zero-order chi connectivity index (χ0) is 18.1. The predicted molar refractivity (Wildman–Crippen MR) is 80.0 cm³/mol. The second kappa shape index (κ2) is 6.58. The van der Waals surface area contributed by atoms with E-state index in [1.54, 1.807) is 0 Å². The SMILES string of the molecule is O=C(CBr)c1ccc(-c2cc(C(F)(F)F)cc(C(F)(F)F)c2)cc1. The third-order valence-electron chi connectivity index (χ3n) is 3.25. The van der Waals surface area contributed by atoms with E-state index in [4.69, 9.17) is 0 Å². The third kappa shape index (κ3) is 4.17. The van der Waals surface area contributed by atoms with Crippen LogP contribution in [0.4, 0.5) is 26.3 Å². The molecule has 0 aromatic heterocycles. The highest BCUT2D eigenvalue weighted by atomic mass is 79.9. The maximum absolute atomic E-state index is 12.9. The van der Waals surface area contributed by atoms with Crippen LogP contribution in [0.5, 0.6) is 0 Å². The number of hydrogen-bond donors (Lipinski definition) is 0. The maximum atomic E-state index is 12.9. The molecule has 0 aliphatic carbocycles. The molecule has 0 bridgehead atoms. The second-order valence-corrected chi connectivity index (χ2v) is 5.49. The summed E-state index contributed by atoms with van der Waals surface area (Å²) >= 11 is 2.98. The van der Waals surface area contributed by atoms with Crippen LogP contribution < -0.4 is 0 Å². The van der Waals surface area contributed by atoms with E-state index in [1.807, 2.05) is 0 Å². The minimum absolute atomic E-state index is 0.0636. The van der Waals surface area contributed by atoms with Gasteiger partial charge in [0.2, 0.25) is 0 Å². The average Bonchev–Trinajstić information content (AvgIpc) is 2.52. The van der Waals surface area contributed by atoms with E-state index in [1.165, 1.54) is 24.3 Å². The van der Waals surface area contributed by atoms with E-state index < -0.39 is 23.5 Å². The van der Waals surface area contributed by atoms with Gasteiger partial charge in [0.15, 0.2) is 5.78 Å². The highest BCUT2D eigenvalue weighted by Gasteiger charge is 2.36. The van der Waals surface area contributed by atoms with Gasteiger partial charge in [-0.3, -0.25) is 4.79 Å². The molecule has 2 aromatic carbocycles. The molecule has 24 heavy (non-hydrogen) atoms. The smallest absolute Gasteiger partial charge is 0.293 e. The van der Waals surface area contributed by atoms with Gasteiger partial charge in [-0.2, -0.15) is 26.3 Å². The third-order valence-corrected chi connectivity index (χ3v) is 3.76. The fourth-order valence-corrected chi connectivity index (χ4v) is 2.37. The Labute approximate surface area is 141 Å². The molecular weight excluding hydrogens is 402 g/mol. The Bertz CT molecular complexity index is 714. The van der Waals surface area contributed by atoms with Gasteiger partial charge in [-0.15, -0.1) is 0 Å². The lowest BCUT2D eigenvalue weighted by Crippen LogP contribution is -2.11. The van der Waals surface area contributed by atoms with Crippen LogP contribution in [0, 0.1) is 0 Å². The van der Waals surface area contributed by atoms with Crippen molar-refractivity contribution >= 4 is 21.7 Å². The summed E-state index contributed by atoms with van der Waals surface area (Å²) in [5.41, 5.74) is -2.53. The fourth-order valence-electron chi connectivity index (χ4n) is 2.05. The van der Waals surface area contributed by atoms with E-state index in [2.05, 4.69) is 15.9 Å². The molecular formula is C16H9BrF6O. The molecule has 0 unspecified atom stereocenters. The number of hydrogen-bond acceptors (Lipinski definition) is 1. The van der Waals surface area contributed by atoms with E-state index in [-0.39, 0.29) is 28.3 Å². The monoisotopic (exact) mass is 410 g/mol. The van der Waals surface area contributed by atoms with Gasteiger partial charge in [0.25, 0.3) is 0 Å². The van der Waals surface area contributed by atoms with Gasteiger partial charge in [0.1, 0.15) is 0 Å². The Kier molecular flexibility index (Phi) is 5.08. The summed E-state index contributed by atoms with van der Waals surface area (Å²) in [5, 5.41) is 0.0636. The van der Waals surface area contributed by atoms with Crippen molar-refractivity contribution in [2.75, 3.05) is 5.33 Å². The van der Waals surface area contributed by atoms with E-state index in [0.717, 1.165) is 0 Å². The average molecular weight is 411 g/mol. The lowest BCUT2D eigenvalue weighted by Gasteiger charge is -2.14. The largest absolute Gasteiger partial charge is 0.416 e. The van der Waals surface area contributed by atoms with Crippen molar-refractivity contribution in [1.82, 2.24) is 0 Å². The highest BCUT2D eigenvalue weighted by molar-refractivity contribution is 9.09. The van der Waals surface area contributed by atoms with Crippen molar-refractivity contribution < 1.29 is 31.1 Å². The number of Topliss-reactive ketones (excluding diaryl/α,β-unsaturated/α-hetero) is 1. The topological polar surface area (TPSA) is 17.1 Å². The van der Waals surface area contributed by atoms with E-state index in [9.17, 15) is 31.1 Å². The van der Waals surface area contributed by atoms with E-state index in [0.29, 0.717) is 17.7 Å². The van der Waals surface area contributed by atoms with Crippen LogP contribution in [0.25, 0.3) is 11.1 Å². The van der Waals surface area contributed by atoms with Gasteiger partial charge < -0.3 is 0 Å². The van der Waals surface area contributed by atoms with Crippen molar-refractivity contribution in [1.29, 1.82) is 0 Å². The lowest BCUT2D eigenvalue weighted by atomic mass is 9.98. The van der Waals surface area contributed by atoms with Crippen molar-refractivity contribution in [2.24, 2.45) is 0 Å². The summed E-state index contributed by atoms with van der Waals surface area (Å²) in [7, 11) is 0. The first kappa shape index (κ1) is 18.5. The minimum Gasteiger partial charge on any atom is -0.293 e. The molecule has 0 aliphatic heterocycles. The Hall–Kier alpha value is -1.83. The first-order chi connectivity index (χ1) is 11.0. The van der Waals surface area contributed by atoms with E-state index >= 15 is 0 Å². The van der Waals surface area contributed by atoms with Gasteiger partial charge in [-0.25, -0.2) is 0 Å². The first-order valence-corrected chi connectivity index (χ1v) is 7.63. The van der Waals surface area contributed by atoms with Gasteiger partial charge in [-0.1, -0.05) is 40.2 Å². The number of benzene rings is 2. The normalized spacial score (nSPS) is 12.3. The number of halogens is 7. The molecule has 0 spiro atoms. The minimum atomic E-state index is -4.90. The molecule has 2 rings (SSSR count). The predicted octanol–water partition coefficient (Wildman–Crippen LogP) is 5.97. The molecule has 2 aromatic rings. The van der Waals surface area contributed by atoms with Gasteiger partial charge in [-0.05, 0) is 29.3 Å². The van der Waals surface area contributed by atoms with Crippen LogP contribution in [0.3, 0.4) is 0 Å². The van der Waals surface area contributed by atoms with Crippen molar-refractivity contribution in [3.05, 3.63) is 59.2 Å². The van der Waals surface area contributed by atoms with Gasteiger partial charge in [0, 0.05) is 5.56 Å². The van der Waals surface area contributed by atoms with Crippen molar-refractivity contribution in [3.63, 3.8) is 0 Å². The van der Waals surface area contributed by atoms with Crippen LogP contribution >= 0.6 is 15.9 Å². The van der Waals surface area contributed by atoms with Gasteiger partial charge in [0.05, 0.1) is 16.5 Å². The van der Waals surface area contributed by atoms with Crippen molar-refractivity contribution in [3.8, 4) is 11.1 Å². The molecule has 0 N–H and O–H groups in total. The molecule has 0 radical (unpaired) electrons. The second-order valence-electron chi connectivity index (χ2n) is 4.93. The Morgan fingerprint density at radius 2 is 1.25 bits per heavy atom. The number of rotatable bonds is 3. The zero-order valence-electron chi connectivity index (χ0n) is 11.8. The lowest BCUT2D eigenvalue weighted by molar-refractivity contribution is -0.143. The molecule has 0 saturated heterocycles. The molecule has 0 amide bonds. The standard InChI is InChI=1S/C16H9BrF6O/c17-8-14(24)10-3-1-9(2-4-10)11-5-12(15(18,19)20)7-13(6-11)16(21,22)23/h1-7H,8H2. The van der Waals surface area contributed by atoms with Crippen LogP contribution in [-0.2, 0) is 12.4 Å². The zero-order valence-corrected chi connectivity index (χ0v) is 13.4. The maximum Gasteiger partial charge on any atom is 0.416 e. The first-order valence-electron chi connectivity index (χ1n) is 6.51. The number of alkyl halides is 7. The Morgan fingerprint density at radius 1 is 0.792 bits per heavy atom.